The smallest absolute Gasteiger partial charge is 0.303 e. The van der Waals surface area contributed by atoms with Gasteiger partial charge in [0.25, 0.3) is 5.91 Å². The molecule has 1 aromatic carbocycles. The van der Waals surface area contributed by atoms with Gasteiger partial charge in [0.1, 0.15) is 6.04 Å². The fraction of sp³-hybridized carbons (Fsp3) is 0.571. The lowest BCUT2D eigenvalue weighted by Crippen LogP contribution is -2.50. The van der Waals surface area contributed by atoms with E-state index < -0.39 is 12.0 Å². The van der Waals surface area contributed by atoms with E-state index in [1.807, 2.05) is 18.2 Å². The number of likely N-dealkylation sites (tertiary alicyclic amines) is 1. The van der Waals surface area contributed by atoms with Crippen molar-refractivity contribution in [1.82, 2.24) is 10.2 Å². The molecule has 4 unspecified atom stereocenters. The third-order valence-corrected chi connectivity index (χ3v) is 5.79. The van der Waals surface area contributed by atoms with Crippen molar-refractivity contribution in [3.05, 3.63) is 35.9 Å². The molecular formula is C21H28N2O4. The molecule has 1 aliphatic carbocycles. The second-order valence-electron chi connectivity index (χ2n) is 7.89. The number of carbonyl (C=O) groups excluding carboxylic acids is 2. The molecule has 2 N–H and O–H groups in total. The van der Waals surface area contributed by atoms with Crippen molar-refractivity contribution in [3.8, 4) is 0 Å². The summed E-state index contributed by atoms with van der Waals surface area (Å²) >= 11 is 0. The number of benzene rings is 1. The first-order valence-corrected chi connectivity index (χ1v) is 9.84. The summed E-state index contributed by atoms with van der Waals surface area (Å²) in [6.45, 7) is 2.11. The maximum absolute atomic E-state index is 13.2. The number of carboxylic acids is 1. The Kier molecular flexibility index (Phi) is 6.14. The first kappa shape index (κ1) is 19.4. The van der Waals surface area contributed by atoms with Crippen LogP contribution in [0.5, 0.6) is 0 Å². The monoisotopic (exact) mass is 372 g/mol. The number of aliphatic carboxylic acids is 1. The number of nitrogens with one attached hydrogen (secondary N) is 1. The van der Waals surface area contributed by atoms with Gasteiger partial charge in [-0.15, -0.1) is 0 Å². The van der Waals surface area contributed by atoms with Crippen LogP contribution in [-0.2, 0) is 9.59 Å². The lowest BCUT2D eigenvalue weighted by Gasteiger charge is -2.33. The summed E-state index contributed by atoms with van der Waals surface area (Å²) in [4.78, 5) is 38.7. The van der Waals surface area contributed by atoms with Crippen LogP contribution < -0.4 is 5.32 Å². The summed E-state index contributed by atoms with van der Waals surface area (Å²) in [5.74, 6) is -0.883. The lowest BCUT2D eigenvalue weighted by atomic mass is 9.84. The van der Waals surface area contributed by atoms with Crippen LogP contribution in [0.3, 0.4) is 0 Å². The molecule has 2 amide bonds. The molecule has 2 aliphatic rings. The van der Waals surface area contributed by atoms with E-state index in [4.69, 9.17) is 5.11 Å². The first-order valence-electron chi connectivity index (χ1n) is 9.84. The summed E-state index contributed by atoms with van der Waals surface area (Å²) in [6.07, 6.45) is 4.96. The van der Waals surface area contributed by atoms with E-state index in [2.05, 4.69) is 5.32 Å². The number of hydrogen-bond acceptors (Lipinski definition) is 3. The van der Waals surface area contributed by atoms with Gasteiger partial charge in [0.2, 0.25) is 5.91 Å². The van der Waals surface area contributed by atoms with E-state index in [0.717, 1.165) is 25.7 Å². The maximum atomic E-state index is 13.2. The number of hydrogen-bond donors (Lipinski definition) is 2. The molecule has 27 heavy (non-hydrogen) atoms. The zero-order valence-electron chi connectivity index (χ0n) is 15.8. The second-order valence-corrected chi connectivity index (χ2v) is 7.89. The number of carboxylic acid groups (broad SMARTS) is 1. The van der Waals surface area contributed by atoms with Gasteiger partial charge in [-0.25, -0.2) is 0 Å². The SMILES string of the molecule is CC(CNC(=O)C1CC2CCCCC2N1C(=O)c1ccccc1)CC(=O)O. The Bertz CT molecular complexity index is 691. The predicted octanol–water partition coefficient (Wildman–Crippen LogP) is 2.69. The van der Waals surface area contributed by atoms with Crippen molar-refractivity contribution in [2.24, 2.45) is 11.8 Å². The van der Waals surface area contributed by atoms with Gasteiger partial charge in [0.15, 0.2) is 0 Å². The van der Waals surface area contributed by atoms with Crippen LogP contribution in [0.15, 0.2) is 30.3 Å². The van der Waals surface area contributed by atoms with Gasteiger partial charge in [-0.1, -0.05) is 38.0 Å². The van der Waals surface area contributed by atoms with Crippen LogP contribution >= 0.6 is 0 Å². The third-order valence-electron chi connectivity index (χ3n) is 5.79. The van der Waals surface area contributed by atoms with Crippen molar-refractivity contribution < 1.29 is 19.5 Å². The molecular weight excluding hydrogens is 344 g/mol. The van der Waals surface area contributed by atoms with Crippen LogP contribution in [-0.4, -0.2) is 46.4 Å². The number of carbonyl (C=O) groups is 3. The average Bonchev–Trinajstić information content (AvgIpc) is 3.05. The van der Waals surface area contributed by atoms with Gasteiger partial charge < -0.3 is 15.3 Å². The Balaban J connectivity index is 1.74. The zero-order chi connectivity index (χ0) is 19.4. The van der Waals surface area contributed by atoms with Gasteiger partial charge >= 0.3 is 5.97 Å². The largest absolute Gasteiger partial charge is 0.481 e. The van der Waals surface area contributed by atoms with Gasteiger partial charge in [0.05, 0.1) is 0 Å². The standard InChI is InChI=1S/C21H28N2O4/c1-14(11-19(24)25)13-22-20(26)18-12-16-9-5-6-10-17(16)23(18)21(27)15-7-3-2-4-8-15/h2-4,7-8,14,16-18H,5-6,9-13H2,1H3,(H,22,26)(H,24,25). The molecule has 4 atom stereocenters. The minimum Gasteiger partial charge on any atom is -0.481 e. The minimum absolute atomic E-state index is 0.0167. The summed E-state index contributed by atoms with van der Waals surface area (Å²) < 4.78 is 0. The molecule has 3 rings (SSSR count). The normalized spacial score (nSPS) is 25.5. The molecule has 0 aromatic heterocycles. The predicted molar refractivity (Wildman–Crippen MR) is 101 cm³/mol. The zero-order valence-corrected chi connectivity index (χ0v) is 15.8. The molecule has 0 bridgehead atoms. The molecule has 1 aliphatic heterocycles. The van der Waals surface area contributed by atoms with Crippen LogP contribution in [0.4, 0.5) is 0 Å². The van der Waals surface area contributed by atoms with E-state index in [1.54, 1.807) is 24.0 Å². The molecule has 1 saturated heterocycles. The number of nitrogens with zero attached hydrogens (tertiary/aromatic N) is 1. The highest BCUT2D eigenvalue weighted by Crippen LogP contribution is 2.40. The third kappa shape index (κ3) is 4.49. The number of fused-ring (bicyclic) bond motifs is 1. The van der Waals surface area contributed by atoms with E-state index in [9.17, 15) is 14.4 Å². The van der Waals surface area contributed by atoms with Crippen molar-refractivity contribution in [2.75, 3.05) is 6.54 Å². The van der Waals surface area contributed by atoms with E-state index >= 15 is 0 Å². The summed E-state index contributed by atoms with van der Waals surface area (Å²) in [5.41, 5.74) is 0.612. The highest BCUT2D eigenvalue weighted by Gasteiger charge is 2.47. The van der Waals surface area contributed by atoms with Crippen molar-refractivity contribution in [1.29, 1.82) is 0 Å². The molecule has 146 valence electrons. The van der Waals surface area contributed by atoms with Gasteiger partial charge in [-0.2, -0.15) is 0 Å². The molecule has 6 heteroatoms. The molecule has 0 spiro atoms. The Morgan fingerprint density at radius 3 is 2.59 bits per heavy atom. The number of amides is 2. The Morgan fingerprint density at radius 2 is 1.89 bits per heavy atom. The highest BCUT2D eigenvalue weighted by molar-refractivity contribution is 5.98. The first-order chi connectivity index (χ1) is 13.0. The summed E-state index contributed by atoms with van der Waals surface area (Å²) in [5, 5.41) is 11.8. The Morgan fingerprint density at radius 1 is 1.19 bits per heavy atom. The number of rotatable bonds is 6. The lowest BCUT2D eigenvalue weighted by molar-refractivity contribution is -0.138. The fourth-order valence-electron chi connectivity index (χ4n) is 4.48. The molecule has 2 fully saturated rings. The topological polar surface area (TPSA) is 86.7 Å². The van der Waals surface area contributed by atoms with Gasteiger partial charge in [-0.3, -0.25) is 14.4 Å². The molecule has 1 heterocycles. The quantitative estimate of drug-likeness (QED) is 0.804. The van der Waals surface area contributed by atoms with E-state index in [-0.39, 0.29) is 30.2 Å². The minimum atomic E-state index is -0.871. The Hall–Kier alpha value is -2.37. The van der Waals surface area contributed by atoms with E-state index in [1.165, 1.54) is 0 Å². The summed E-state index contributed by atoms with van der Waals surface area (Å²) in [6, 6.07) is 8.79. The fourth-order valence-corrected chi connectivity index (χ4v) is 4.48. The van der Waals surface area contributed by atoms with Crippen molar-refractivity contribution >= 4 is 17.8 Å². The molecule has 6 nitrogen and oxygen atoms in total. The maximum Gasteiger partial charge on any atom is 0.303 e. The van der Waals surface area contributed by atoms with Crippen molar-refractivity contribution in [3.63, 3.8) is 0 Å². The van der Waals surface area contributed by atoms with Gasteiger partial charge in [-0.05, 0) is 43.2 Å². The average molecular weight is 372 g/mol. The second kappa shape index (κ2) is 8.55. The summed E-state index contributed by atoms with van der Waals surface area (Å²) in [7, 11) is 0. The van der Waals surface area contributed by atoms with Crippen LogP contribution in [0.25, 0.3) is 0 Å². The molecule has 0 radical (unpaired) electrons. The van der Waals surface area contributed by atoms with Crippen LogP contribution in [0.2, 0.25) is 0 Å². The van der Waals surface area contributed by atoms with Crippen LogP contribution in [0.1, 0.15) is 55.8 Å². The molecule has 1 aromatic rings. The van der Waals surface area contributed by atoms with E-state index in [0.29, 0.717) is 24.4 Å². The van der Waals surface area contributed by atoms with Crippen LogP contribution in [0, 0.1) is 11.8 Å². The van der Waals surface area contributed by atoms with Gasteiger partial charge in [0, 0.05) is 24.6 Å². The van der Waals surface area contributed by atoms with Crippen molar-refractivity contribution in [2.45, 2.75) is 57.5 Å². The highest BCUT2D eigenvalue weighted by atomic mass is 16.4. The molecule has 1 saturated carbocycles. The Labute approximate surface area is 159 Å².